The van der Waals surface area contributed by atoms with Crippen LogP contribution in [0.15, 0.2) is 24.3 Å². The van der Waals surface area contributed by atoms with Crippen molar-refractivity contribution in [3.8, 4) is 5.75 Å². The lowest BCUT2D eigenvalue weighted by molar-refractivity contribution is 0.0600. The van der Waals surface area contributed by atoms with Crippen LogP contribution in [0.1, 0.15) is 29.6 Å². The second kappa shape index (κ2) is 6.40. The van der Waals surface area contributed by atoms with Crippen molar-refractivity contribution in [2.45, 2.75) is 25.4 Å². The molecule has 0 saturated carbocycles. The fraction of sp³-hybridized carbons (Fsp3) is 0.500. The molecule has 1 atom stereocenters. The van der Waals surface area contributed by atoms with Gasteiger partial charge < -0.3 is 14.2 Å². The molecule has 0 aromatic heterocycles. The van der Waals surface area contributed by atoms with E-state index in [1.165, 1.54) is 7.11 Å². The standard InChI is InChI=1S/C14H18O4/c1-16-14(15)11-4-6-13(7-5-11)18-10-8-12-3-2-9-17-12/h4-7,12H,2-3,8-10H2,1H3. The molecule has 98 valence electrons. The average Bonchev–Trinajstić information content (AvgIpc) is 2.92. The number of rotatable bonds is 5. The molecule has 1 fully saturated rings. The molecule has 2 rings (SSSR count). The van der Waals surface area contributed by atoms with Gasteiger partial charge in [-0.15, -0.1) is 0 Å². The molecule has 1 heterocycles. The minimum atomic E-state index is -0.332. The monoisotopic (exact) mass is 250 g/mol. The Hall–Kier alpha value is -1.55. The quantitative estimate of drug-likeness (QED) is 0.753. The van der Waals surface area contributed by atoms with Crippen molar-refractivity contribution in [1.82, 2.24) is 0 Å². The van der Waals surface area contributed by atoms with E-state index in [1.807, 2.05) is 0 Å². The van der Waals surface area contributed by atoms with Crippen molar-refractivity contribution < 1.29 is 19.0 Å². The van der Waals surface area contributed by atoms with Crippen molar-refractivity contribution in [2.24, 2.45) is 0 Å². The molecule has 1 unspecified atom stereocenters. The van der Waals surface area contributed by atoms with E-state index in [1.54, 1.807) is 24.3 Å². The van der Waals surface area contributed by atoms with E-state index in [2.05, 4.69) is 4.74 Å². The van der Waals surface area contributed by atoms with Crippen molar-refractivity contribution in [1.29, 1.82) is 0 Å². The molecule has 4 heteroatoms. The molecule has 0 N–H and O–H groups in total. The highest BCUT2D eigenvalue weighted by Gasteiger charge is 2.15. The first-order valence-electron chi connectivity index (χ1n) is 6.22. The Morgan fingerprint density at radius 3 is 2.78 bits per heavy atom. The second-order valence-corrected chi connectivity index (χ2v) is 4.29. The van der Waals surface area contributed by atoms with E-state index < -0.39 is 0 Å². The highest BCUT2D eigenvalue weighted by atomic mass is 16.5. The van der Waals surface area contributed by atoms with Gasteiger partial charge in [-0.1, -0.05) is 0 Å². The topological polar surface area (TPSA) is 44.8 Å². The van der Waals surface area contributed by atoms with Gasteiger partial charge in [0.05, 0.1) is 25.4 Å². The predicted molar refractivity (Wildman–Crippen MR) is 66.9 cm³/mol. The lowest BCUT2D eigenvalue weighted by Crippen LogP contribution is -2.10. The third-order valence-electron chi connectivity index (χ3n) is 3.01. The lowest BCUT2D eigenvalue weighted by Gasteiger charge is -2.10. The molecule has 1 saturated heterocycles. The van der Waals surface area contributed by atoms with Crippen molar-refractivity contribution in [2.75, 3.05) is 20.3 Å². The van der Waals surface area contributed by atoms with Crippen LogP contribution in [-0.4, -0.2) is 32.4 Å². The van der Waals surface area contributed by atoms with E-state index in [0.29, 0.717) is 18.3 Å². The zero-order chi connectivity index (χ0) is 12.8. The van der Waals surface area contributed by atoms with Gasteiger partial charge in [-0.3, -0.25) is 0 Å². The number of hydrogen-bond acceptors (Lipinski definition) is 4. The zero-order valence-corrected chi connectivity index (χ0v) is 10.6. The first-order valence-corrected chi connectivity index (χ1v) is 6.22. The van der Waals surface area contributed by atoms with E-state index in [-0.39, 0.29) is 5.97 Å². The van der Waals surface area contributed by atoms with Crippen LogP contribution >= 0.6 is 0 Å². The van der Waals surface area contributed by atoms with Crippen LogP contribution in [0.4, 0.5) is 0 Å². The number of esters is 1. The highest BCUT2D eigenvalue weighted by molar-refractivity contribution is 5.89. The summed E-state index contributed by atoms with van der Waals surface area (Å²) in [6.07, 6.45) is 3.54. The van der Waals surface area contributed by atoms with Crippen molar-refractivity contribution >= 4 is 5.97 Å². The van der Waals surface area contributed by atoms with Crippen LogP contribution in [0, 0.1) is 0 Å². The van der Waals surface area contributed by atoms with E-state index >= 15 is 0 Å². The zero-order valence-electron chi connectivity index (χ0n) is 10.6. The van der Waals surface area contributed by atoms with E-state index in [0.717, 1.165) is 31.6 Å². The van der Waals surface area contributed by atoms with Crippen LogP contribution < -0.4 is 4.74 Å². The number of ether oxygens (including phenoxy) is 3. The number of carbonyl (C=O) groups excluding carboxylic acids is 1. The summed E-state index contributed by atoms with van der Waals surface area (Å²) in [6.45, 7) is 1.51. The summed E-state index contributed by atoms with van der Waals surface area (Å²) in [4.78, 5) is 11.2. The van der Waals surface area contributed by atoms with Gasteiger partial charge in [-0.2, -0.15) is 0 Å². The minimum absolute atomic E-state index is 0.332. The molecular weight excluding hydrogens is 232 g/mol. The summed E-state index contributed by atoms with van der Waals surface area (Å²) in [6, 6.07) is 6.96. The fourth-order valence-electron chi connectivity index (χ4n) is 1.99. The first kappa shape index (κ1) is 12.9. The molecular formula is C14H18O4. The number of benzene rings is 1. The Balaban J connectivity index is 1.77. The van der Waals surface area contributed by atoms with E-state index in [4.69, 9.17) is 9.47 Å². The Morgan fingerprint density at radius 2 is 2.17 bits per heavy atom. The Bertz CT molecular complexity index is 379. The summed E-state index contributed by atoms with van der Waals surface area (Å²) in [5, 5.41) is 0. The number of carbonyl (C=O) groups is 1. The predicted octanol–water partition coefficient (Wildman–Crippen LogP) is 2.42. The summed E-state index contributed by atoms with van der Waals surface area (Å²) < 4.78 is 15.7. The number of hydrogen-bond donors (Lipinski definition) is 0. The van der Waals surface area contributed by atoms with Gasteiger partial charge in [0, 0.05) is 13.0 Å². The van der Waals surface area contributed by atoms with Gasteiger partial charge in [0.25, 0.3) is 0 Å². The van der Waals surface area contributed by atoms with Gasteiger partial charge in [0.15, 0.2) is 0 Å². The maximum absolute atomic E-state index is 11.2. The van der Waals surface area contributed by atoms with Gasteiger partial charge in [0.2, 0.25) is 0 Å². The second-order valence-electron chi connectivity index (χ2n) is 4.29. The van der Waals surface area contributed by atoms with Crippen LogP contribution in [0.3, 0.4) is 0 Å². The molecule has 1 aromatic carbocycles. The Kier molecular flexibility index (Phi) is 4.59. The Labute approximate surface area is 107 Å². The summed E-state index contributed by atoms with van der Waals surface area (Å²) in [7, 11) is 1.37. The van der Waals surface area contributed by atoms with Gasteiger partial charge >= 0.3 is 5.97 Å². The van der Waals surface area contributed by atoms with Crippen molar-refractivity contribution in [3.63, 3.8) is 0 Å². The van der Waals surface area contributed by atoms with Gasteiger partial charge in [-0.25, -0.2) is 4.79 Å². The van der Waals surface area contributed by atoms with Crippen LogP contribution in [0.25, 0.3) is 0 Å². The van der Waals surface area contributed by atoms with Crippen LogP contribution in [0.2, 0.25) is 0 Å². The van der Waals surface area contributed by atoms with Crippen LogP contribution in [0.5, 0.6) is 5.75 Å². The smallest absolute Gasteiger partial charge is 0.337 e. The lowest BCUT2D eigenvalue weighted by atomic mass is 10.2. The molecule has 0 bridgehead atoms. The third kappa shape index (κ3) is 3.47. The average molecular weight is 250 g/mol. The Morgan fingerprint density at radius 1 is 1.39 bits per heavy atom. The molecule has 1 aromatic rings. The molecule has 0 aliphatic carbocycles. The maximum Gasteiger partial charge on any atom is 0.337 e. The summed E-state index contributed by atoms with van der Waals surface area (Å²) in [5.41, 5.74) is 0.531. The molecule has 1 aliphatic heterocycles. The largest absolute Gasteiger partial charge is 0.493 e. The normalized spacial score (nSPS) is 18.6. The SMILES string of the molecule is COC(=O)c1ccc(OCCC2CCCO2)cc1. The molecule has 18 heavy (non-hydrogen) atoms. The first-order chi connectivity index (χ1) is 8.79. The molecule has 4 nitrogen and oxygen atoms in total. The summed E-state index contributed by atoms with van der Waals surface area (Å²) in [5.74, 6) is 0.432. The molecule has 0 spiro atoms. The fourth-order valence-corrected chi connectivity index (χ4v) is 1.99. The number of methoxy groups -OCH3 is 1. The van der Waals surface area contributed by atoms with E-state index in [9.17, 15) is 4.79 Å². The van der Waals surface area contributed by atoms with Gasteiger partial charge in [0.1, 0.15) is 5.75 Å². The molecule has 0 radical (unpaired) electrons. The molecule has 1 aliphatic rings. The van der Waals surface area contributed by atoms with Gasteiger partial charge in [-0.05, 0) is 37.1 Å². The van der Waals surface area contributed by atoms with Crippen LogP contribution in [-0.2, 0) is 9.47 Å². The third-order valence-corrected chi connectivity index (χ3v) is 3.01. The molecule has 0 amide bonds. The minimum Gasteiger partial charge on any atom is -0.493 e. The van der Waals surface area contributed by atoms with Crippen molar-refractivity contribution in [3.05, 3.63) is 29.8 Å². The maximum atomic E-state index is 11.2. The highest BCUT2D eigenvalue weighted by Crippen LogP contribution is 2.17. The summed E-state index contributed by atoms with van der Waals surface area (Å²) >= 11 is 0.